The van der Waals surface area contributed by atoms with E-state index in [1.807, 2.05) is 19.1 Å². The van der Waals surface area contributed by atoms with E-state index >= 15 is 0 Å². The Bertz CT molecular complexity index is 858. The standard InChI is InChI=1S/C16H14FNO4S/c1-11-2-4-12(5-3-11)8-9-23(21,22)18-15-7-6-13(17)10-14(15)16(19)20/h2-10,18H,1H3,(H,19,20)/b9-8+. The van der Waals surface area contributed by atoms with E-state index in [0.717, 1.165) is 29.2 Å². The molecule has 0 heterocycles. The number of sulfonamides is 1. The Kier molecular flexibility index (Phi) is 4.80. The fraction of sp³-hybridized carbons (Fsp3) is 0.0625. The lowest BCUT2D eigenvalue weighted by Gasteiger charge is -2.08. The summed E-state index contributed by atoms with van der Waals surface area (Å²) in [4.78, 5) is 11.1. The summed E-state index contributed by atoms with van der Waals surface area (Å²) in [6.45, 7) is 1.91. The molecule has 0 bridgehead atoms. The molecule has 2 rings (SSSR count). The van der Waals surface area contributed by atoms with E-state index in [9.17, 15) is 17.6 Å². The maximum Gasteiger partial charge on any atom is 0.337 e. The van der Waals surface area contributed by atoms with Crippen LogP contribution in [0.25, 0.3) is 6.08 Å². The molecule has 0 saturated heterocycles. The molecule has 0 amide bonds. The number of rotatable bonds is 5. The summed E-state index contributed by atoms with van der Waals surface area (Å²) in [5.41, 5.74) is 1.06. The first-order valence-electron chi connectivity index (χ1n) is 6.57. The van der Waals surface area contributed by atoms with Gasteiger partial charge in [0.1, 0.15) is 5.82 Å². The van der Waals surface area contributed by atoms with Gasteiger partial charge >= 0.3 is 5.97 Å². The van der Waals surface area contributed by atoms with Crippen molar-refractivity contribution in [3.8, 4) is 0 Å². The third-order valence-corrected chi connectivity index (χ3v) is 3.98. The van der Waals surface area contributed by atoms with Crippen molar-refractivity contribution >= 4 is 27.8 Å². The molecule has 2 N–H and O–H groups in total. The van der Waals surface area contributed by atoms with Crippen LogP contribution in [0.5, 0.6) is 0 Å². The predicted octanol–water partition coefficient (Wildman–Crippen LogP) is 3.24. The molecule has 0 aliphatic carbocycles. The van der Waals surface area contributed by atoms with Crippen molar-refractivity contribution in [2.45, 2.75) is 6.92 Å². The fourth-order valence-corrected chi connectivity index (χ4v) is 2.70. The summed E-state index contributed by atoms with van der Waals surface area (Å²) >= 11 is 0. The number of carbonyl (C=O) groups is 1. The van der Waals surface area contributed by atoms with Gasteiger partial charge in [-0.25, -0.2) is 17.6 Å². The normalized spacial score (nSPS) is 11.6. The van der Waals surface area contributed by atoms with Gasteiger partial charge in [-0.1, -0.05) is 29.8 Å². The molecule has 0 aliphatic heterocycles. The molecule has 0 aromatic heterocycles. The second kappa shape index (κ2) is 6.62. The topological polar surface area (TPSA) is 83.5 Å². The van der Waals surface area contributed by atoms with E-state index in [1.165, 1.54) is 6.08 Å². The van der Waals surface area contributed by atoms with Crippen molar-refractivity contribution in [2.75, 3.05) is 4.72 Å². The molecule has 0 unspecified atom stereocenters. The molecule has 0 spiro atoms. The van der Waals surface area contributed by atoms with Crippen molar-refractivity contribution in [3.63, 3.8) is 0 Å². The SMILES string of the molecule is Cc1ccc(/C=C/S(=O)(=O)Nc2ccc(F)cc2C(=O)O)cc1. The fourth-order valence-electron chi connectivity index (χ4n) is 1.82. The molecule has 2 aromatic rings. The zero-order valence-corrected chi connectivity index (χ0v) is 13.0. The van der Waals surface area contributed by atoms with Gasteiger partial charge in [-0.15, -0.1) is 0 Å². The quantitative estimate of drug-likeness (QED) is 0.878. The summed E-state index contributed by atoms with van der Waals surface area (Å²) in [5.74, 6) is -2.19. The molecule has 23 heavy (non-hydrogen) atoms. The van der Waals surface area contributed by atoms with Crippen molar-refractivity contribution in [1.29, 1.82) is 0 Å². The Labute approximate surface area is 133 Å². The van der Waals surface area contributed by atoms with Crippen LogP contribution in [0.15, 0.2) is 47.9 Å². The first-order valence-corrected chi connectivity index (χ1v) is 8.12. The third kappa shape index (κ3) is 4.65. The lowest BCUT2D eigenvalue weighted by molar-refractivity contribution is 0.0697. The van der Waals surface area contributed by atoms with Gasteiger partial charge < -0.3 is 5.11 Å². The number of halogens is 1. The highest BCUT2D eigenvalue weighted by atomic mass is 32.2. The van der Waals surface area contributed by atoms with E-state index < -0.39 is 27.4 Å². The second-order valence-electron chi connectivity index (χ2n) is 4.86. The molecule has 2 aromatic carbocycles. The first kappa shape index (κ1) is 16.7. The molecule has 0 atom stereocenters. The van der Waals surface area contributed by atoms with E-state index in [1.54, 1.807) is 12.1 Å². The molecular formula is C16H14FNO4S. The van der Waals surface area contributed by atoms with Gasteiger partial charge in [0.25, 0.3) is 10.0 Å². The number of aryl methyl sites for hydroxylation is 1. The van der Waals surface area contributed by atoms with Crippen molar-refractivity contribution < 1.29 is 22.7 Å². The van der Waals surface area contributed by atoms with Crippen LogP contribution in [0, 0.1) is 12.7 Å². The van der Waals surface area contributed by atoms with Gasteiger partial charge in [-0.2, -0.15) is 0 Å². The van der Waals surface area contributed by atoms with Crippen LogP contribution < -0.4 is 4.72 Å². The largest absolute Gasteiger partial charge is 0.478 e. The van der Waals surface area contributed by atoms with Crippen LogP contribution in [0.2, 0.25) is 0 Å². The highest BCUT2D eigenvalue weighted by molar-refractivity contribution is 7.95. The summed E-state index contributed by atoms with van der Waals surface area (Å²) in [5, 5.41) is 9.92. The lowest BCUT2D eigenvalue weighted by Crippen LogP contribution is -2.12. The van der Waals surface area contributed by atoms with Crippen LogP contribution in [-0.2, 0) is 10.0 Å². The van der Waals surface area contributed by atoms with Crippen molar-refractivity contribution in [3.05, 3.63) is 70.4 Å². The van der Waals surface area contributed by atoms with Crippen LogP contribution in [0.3, 0.4) is 0 Å². The summed E-state index contributed by atoms with van der Waals surface area (Å²) in [6.07, 6.45) is 1.38. The maximum absolute atomic E-state index is 13.1. The molecule has 120 valence electrons. The Hall–Kier alpha value is -2.67. The molecule has 0 saturated carbocycles. The zero-order chi connectivity index (χ0) is 17.0. The second-order valence-corrected chi connectivity index (χ2v) is 6.42. The number of nitrogens with one attached hydrogen (secondary N) is 1. The highest BCUT2D eigenvalue weighted by Gasteiger charge is 2.15. The maximum atomic E-state index is 13.1. The molecule has 5 nitrogen and oxygen atoms in total. The van der Waals surface area contributed by atoms with Gasteiger partial charge in [-0.3, -0.25) is 4.72 Å². The number of hydrogen-bond acceptors (Lipinski definition) is 3. The monoisotopic (exact) mass is 335 g/mol. The highest BCUT2D eigenvalue weighted by Crippen LogP contribution is 2.19. The Morgan fingerprint density at radius 2 is 1.83 bits per heavy atom. The average molecular weight is 335 g/mol. The number of aromatic carboxylic acids is 1. The van der Waals surface area contributed by atoms with E-state index in [-0.39, 0.29) is 5.69 Å². The van der Waals surface area contributed by atoms with E-state index in [4.69, 9.17) is 5.11 Å². The van der Waals surface area contributed by atoms with Crippen LogP contribution in [0.4, 0.5) is 10.1 Å². The lowest BCUT2D eigenvalue weighted by atomic mass is 10.2. The molecule has 0 radical (unpaired) electrons. The minimum atomic E-state index is -3.93. The van der Waals surface area contributed by atoms with Gasteiger partial charge in [0.05, 0.1) is 16.7 Å². The van der Waals surface area contributed by atoms with E-state index in [2.05, 4.69) is 4.72 Å². The number of carboxylic acid groups (broad SMARTS) is 1. The Balaban J connectivity index is 2.25. The number of anilines is 1. The van der Waals surface area contributed by atoms with Gasteiger partial charge in [0.2, 0.25) is 0 Å². The van der Waals surface area contributed by atoms with Gasteiger partial charge in [-0.05, 0) is 36.8 Å². The Morgan fingerprint density at radius 1 is 1.17 bits per heavy atom. The van der Waals surface area contributed by atoms with Crippen molar-refractivity contribution in [2.24, 2.45) is 0 Å². The summed E-state index contributed by atoms with van der Waals surface area (Å²) in [7, 11) is -3.93. The number of hydrogen-bond donors (Lipinski definition) is 2. The zero-order valence-electron chi connectivity index (χ0n) is 12.2. The van der Waals surface area contributed by atoms with Gasteiger partial charge in [0.15, 0.2) is 0 Å². The predicted molar refractivity (Wildman–Crippen MR) is 86.1 cm³/mol. The molecular weight excluding hydrogens is 321 g/mol. The minimum Gasteiger partial charge on any atom is -0.478 e. The molecule has 0 aliphatic rings. The molecule has 0 fully saturated rings. The molecule has 7 heteroatoms. The smallest absolute Gasteiger partial charge is 0.337 e. The Morgan fingerprint density at radius 3 is 2.43 bits per heavy atom. The minimum absolute atomic E-state index is 0.201. The first-order chi connectivity index (χ1) is 10.8. The average Bonchev–Trinajstić information content (AvgIpc) is 2.48. The summed E-state index contributed by atoms with van der Waals surface area (Å²) in [6, 6.07) is 9.97. The van der Waals surface area contributed by atoms with E-state index in [0.29, 0.717) is 5.56 Å². The number of carboxylic acids is 1. The van der Waals surface area contributed by atoms with Gasteiger partial charge in [0, 0.05) is 0 Å². The van der Waals surface area contributed by atoms with Crippen LogP contribution in [-0.4, -0.2) is 19.5 Å². The van der Waals surface area contributed by atoms with Crippen LogP contribution in [0.1, 0.15) is 21.5 Å². The third-order valence-electron chi connectivity index (χ3n) is 2.98. The van der Waals surface area contributed by atoms with Crippen molar-refractivity contribution in [1.82, 2.24) is 0 Å². The van der Waals surface area contributed by atoms with Crippen LogP contribution >= 0.6 is 0 Å². The number of benzene rings is 2. The summed E-state index contributed by atoms with van der Waals surface area (Å²) < 4.78 is 39.2.